The number of amides is 2. The van der Waals surface area contributed by atoms with Gasteiger partial charge in [0.1, 0.15) is 6.10 Å². The van der Waals surface area contributed by atoms with Crippen LogP contribution in [-0.2, 0) is 20.7 Å². The number of benzene rings is 1. The van der Waals surface area contributed by atoms with E-state index in [0.29, 0.717) is 38.0 Å². The lowest BCUT2D eigenvalue weighted by Gasteiger charge is -2.35. The second-order valence-corrected chi connectivity index (χ2v) is 6.93. The van der Waals surface area contributed by atoms with E-state index >= 15 is 0 Å². The summed E-state index contributed by atoms with van der Waals surface area (Å²) in [4.78, 5) is 39.3. The number of rotatable bonds is 4. The van der Waals surface area contributed by atoms with Crippen LogP contribution in [0.1, 0.15) is 36.2 Å². The fourth-order valence-corrected chi connectivity index (χ4v) is 3.52. The number of carbonyl (C=O) groups excluding carboxylic acids is 3. The van der Waals surface area contributed by atoms with E-state index in [1.54, 1.807) is 6.07 Å². The van der Waals surface area contributed by atoms with Gasteiger partial charge in [0.2, 0.25) is 5.91 Å². The molecular weight excluding hydrogens is 334 g/mol. The zero-order chi connectivity index (χ0) is 18.7. The van der Waals surface area contributed by atoms with Crippen LogP contribution in [0.3, 0.4) is 0 Å². The minimum absolute atomic E-state index is 0.0238. The number of anilines is 1. The Hall–Kier alpha value is -2.41. The molecule has 1 N–H and O–H groups in total. The summed E-state index contributed by atoms with van der Waals surface area (Å²) >= 11 is 0. The molecule has 0 spiro atoms. The first-order valence-corrected chi connectivity index (χ1v) is 9.04. The minimum Gasteiger partial charge on any atom is -0.461 e. The molecular formula is C19H25N3O4. The third-order valence-corrected chi connectivity index (χ3v) is 4.79. The van der Waals surface area contributed by atoms with Crippen molar-refractivity contribution in [3.8, 4) is 0 Å². The standard InChI is InChI=1S/C19H25N3O4/c1-13(26-14(2)23)12-21-7-9-22(10-8-21)19(25)16-3-5-17-15(11-16)4-6-18(24)20-17/h3,5,11,13H,4,6-10,12H2,1-2H3,(H,20,24). The van der Waals surface area contributed by atoms with E-state index in [-0.39, 0.29) is 23.9 Å². The van der Waals surface area contributed by atoms with Crippen molar-refractivity contribution in [2.24, 2.45) is 0 Å². The van der Waals surface area contributed by atoms with Gasteiger partial charge in [-0.3, -0.25) is 19.3 Å². The Bertz CT molecular complexity index is 711. The maximum Gasteiger partial charge on any atom is 0.302 e. The predicted molar refractivity (Wildman–Crippen MR) is 97.0 cm³/mol. The van der Waals surface area contributed by atoms with Crippen LogP contribution in [0.4, 0.5) is 5.69 Å². The average Bonchev–Trinajstić information content (AvgIpc) is 2.60. The Morgan fingerprint density at radius 2 is 1.92 bits per heavy atom. The molecule has 7 heteroatoms. The summed E-state index contributed by atoms with van der Waals surface area (Å²) in [5.41, 5.74) is 2.49. The van der Waals surface area contributed by atoms with Crippen molar-refractivity contribution in [3.63, 3.8) is 0 Å². The molecule has 1 unspecified atom stereocenters. The van der Waals surface area contributed by atoms with Gasteiger partial charge in [0, 0.05) is 57.3 Å². The quantitative estimate of drug-likeness (QED) is 0.820. The van der Waals surface area contributed by atoms with E-state index in [9.17, 15) is 14.4 Å². The van der Waals surface area contributed by atoms with E-state index < -0.39 is 0 Å². The number of fused-ring (bicyclic) bond motifs is 1. The third-order valence-electron chi connectivity index (χ3n) is 4.79. The number of carbonyl (C=O) groups is 3. The molecule has 0 aromatic heterocycles. The molecule has 1 saturated heterocycles. The summed E-state index contributed by atoms with van der Waals surface area (Å²) < 4.78 is 5.17. The van der Waals surface area contributed by atoms with Gasteiger partial charge in [0.15, 0.2) is 0 Å². The van der Waals surface area contributed by atoms with E-state index in [0.717, 1.165) is 24.3 Å². The molecule has 1 aromatic carbocycles. The highest BCUT2D eigenvalue weighted by Crippen LogP contribution is 2.24. The summed E-state index contributed by atoms with van der Waals surface area (Å²) in [6.07, 6.45) is 0.985. The van der Waals surface area contributed by atoms with Gasteiger partial charge in [-0.2, -0.15) is 0 Å². The average molecular weight is 359 g/mol. The van der Waals surface area contributed by atoms with Crippen LogP contribution in [0, 0.1) is 0 Å². The largest absolute Gasteiger partial charge is 0.461 e. The number of hydrogen-bond acceptors (Lipinski definition) is 5. The monoisotopic (exact) mass is 359 g/mol. The highest BCUT2D eigenvalue weighted by Gasteiger charge is 2.24. The molecule has 1 atom stereocenters. The molecule has 0 saturated carbocycles. The minimum atomic E-state index is -0.269. The van der Waals surface area contributed by atoms with Crippen LogP contribution in [0.2, 0.25) is 0 Å². The molecule has 140 valence electrons. The summed E-state index contributed by atoms with van der Waals surface area (Å²) in [6, 6.07) is 5.49. The smallest absolute Gasteiger partial charge is 0.302 e. The highest BCUT2D eigenvalue weighted by atomic mass is 16.5. The van der Waals surface area contributed by atoms with E-state index in [1.165, 1.54) is 6.92 Å². The lowest BCUT2D eigenvalue weighted by Crippen LogP contribution is -2.50. The van der Waals surface area contributed by atoms with Crippen LogP contribution in [0.5, 0.6) is 0 Å². The van der Waals surface area contributed by atoms with Gasteiger partial charge >= 0.3 is 5.97 Å². The second-order valence-electron chi connectivity index (χ2n) is 6.93. The van der Waals surface area contributed by atoms with Crippen LogP contribution >= 0.6 is 0 Å². The number of nitrogens with zero attached hydrogens (tertiary/aromatic N) is 2. The van der Waals surface area contributed by atoms with E-state index in [1.807, 2.05) is 24.0 Å². The maximum atomic E-state index is 12.8. The number of hydrogen-bond donors (Lipinski definition) is 1. The summed E-state index contributed by atoms with van der Waals surface area (Å²) in [5.74, 6) is -0.219. The van der Waals surface area contributed by atoms with Gasteiger partial charge in [0.05, 0.1) is 0 Å². The third kappa shape index (κ3) is 4.40. The second kappa shape index (κ2) is 7.86. The van der Waals surface area contributed by atoms with Crippen molar-refractivity contribution in [1.82, 2.24) is 9.80 Å². The van der Waals surface area contributed by atoms with Gasteiger partial charge in [-0.1, -0.05) is 0 Å². The van der Waals surface area contributed by atoms with E-state index in [2.05, 4.69) is 10.2 Å². The normalized spacial score (nSPS) is 18.7. The Labute approximate surface area is 153 Å². The van der Waals surface area contributed by atoms with Gasteiger partial charge < -0.3 is 15.0 Å². The molecule has 1 fully saturated rings. The Morgan fingerprint density at radius 1 is 1.19 bits per heavy atom. The molecule has 0 radical (unpaired) electrons. The molecule has 3 rings (SSSR count). The molecule has 2 heterocycles. The molecule has 7 nitrogen and oxygen atoms in total. The molecule has 2 amide bonds. The maximum absolute atomic E-state index is 12.8. The fraction of sp³-hybridized carbons (Fsp3) is 0.526. The molecule has 2 aliphatic rings. The van der Waals surface area contributed by atoms with Gasteiger partial charge in [0.25, 0.3) is 5.91 Å². The van der Waals surface area contributed by atoms with Crippen molar-refractivity contribution >= 4 is 23.5 Å². The molecule has 1 aromatic rings. The zero-order valence-electron chi connectivity index (χ0n) is 15.3. The first-order valence-electron chi connectivity index (χ1n) is 9.04. The van der Waals surface area contributed by atoms with Crippen molar-refractivity contribution in [3.05, 3.63) is 29.3 Å². The molecule has 0 bridgehead atoms. The summed E-state index contributed by atoms with van der Waals surface area (Å²) in [6.45, 7) is 6.80. The molecule has 26 heavy (non-hydrogen) atoms. The van der Waals surface area contributed by atoms with Gasteiger partial charge in [-0.25, -0.2) is 0 Å². The van der Waals surface area contributed by atoms with Crippen molar-refractivity contribution in [2.75, 3.05) is 38.0 Å². The SMILES string of the molecule is CC(=O)OC(C)CN1CCN(C(=O)c2ccc3c(c2)CCC(=O)N3)CC1. The van der Waals surface area contributed by atoms with Gasteiger partial charge in [-0.15, -0.1) is 0 Å². The summed E-state index contributed by atoms with van der Waals surface area (Å²) in [7, 11) is 0. The number of aryl methyl sites for hydroxylation is 1. The topological polar surface area (TPSA) is 79.0 Å². The Kier molecular flexibility index (Phi) is 5.56. The lowest BCUT2D eigenvalue weighted by molar-refractivity contribution is -0.146. The van der Waals surface area contributed by atoms with E-state index in [4.69, 9.17) is 4.74 Å². The number of piperazine rings is 1. The molecule has 2 aliphatic heterocycles. The first-order chi connectivity index (χ1) is 12.4. The lowest BCUT2D eigenvalue weighted by atomic mass is 10.00. The van der Waals surface area contributed by atoms with Crippen LogP contribution in [0.25, 0.3) is 0 Å². The van der Waals surface area contributed by atoms with Crippen molar-refractivity contribution in [2.45, 2.75) is 32.8 Å². The number of nitrogens with one attached hydrogen (secondary N) is 1. The van der Waals surface area contributed by atoms with Crippen molar-refractivity contribution in [1.29, 1.82) is 0 Å². The Morgan fingerprint density at radius 3 is 2.62 bits per heavy atom. The number of ether oxygens (including phenoxy) is 1. The first kappa shape index (κ1) is 18.4. The van der Waals surface area contributed by atoms with Crippen LogP contribution in [-0.4, -0.2) is 66.4 Å². The highest BCUT2D eigenvalue weighted by molar-refractivity contribution is 5.98. The Balaban J connectivity index is 1.55. The fourth-order valence-electron chi connectivity index (χ4n) is 3.52. The van der Waals surface area contributed by atoms with Crippen LogP contribution < -0.4 is 5.32 Å². The molecule has 0 aliphatic carbocycles. The zero-order valence-corrected chi connectivity index (χ0v) is 15.3. The van der Waals surface area contributed by atoms with Crippen molar-refractivity contribution < 1.29 is 19.1 Å². The number of esters is 1. The summed E-state index contributed by atoms with van der Waals surface area (Å²) in [5, 5.41) is 2.84. The van der Waals surface area contributed by atoms with Crippen LogP contribution in [0.15, 0.2) is 18.2 Å². The van der Waals surface area contributed by atoms with Gasteiger partial charge in [-0.05, 0) is 37.1 Å². The predicted octanol–water partition coefficient (Wildman–Crippen LogP) is 1.28.